The molecule has 0 aliphatic rings. The van der Waals surface area contributed by atoms with Gasteiger partial charge in [-0.15, -0.1) is 11.8 Å². The number of nitrogens with zero attached hydrogens (tertiary/aromatic N) is 1. The van der Waals surface area contributed by atoms with Crippen molar-refractivity contribution >= 4 is 17.8 Å². The summed E-state index contributed by atoms with van der Waals surface area (Å²) in [5.41, 5.74) is 0. The van der Waals surface area contributed by atoms with Gasteiger partial charge in [-0.2, -0.15) is 79.6 Å². The lowest BCUT2D eigenvalue weighted by molar-refractivity contribution is -0.461. The molecule has 20 heteroatoms. The molecule has 0 saturated carbocycles. The van der Waals surface area contributed by atoms with Crippen LogP contribution >= 0.6 is 11.8 Å². The molecule has 0 atom stereocenters. The quantitative estimate of drug-likeness (QED) is 0.133. The second-order valence-electron chi connectivity index (χ2n) is 5.69. The third-order valence-corrected chi connectivity index (χ3v) is 4.37. The fraction of sp³-hybridized carbons (Fsp3) is 0.917. The van der Waals surface area contributed by atoms with E-state index >= 15 is 0 Å². The van der Waals surface area contributed by atoms with Crippen molar-refractivity contribution < 1.29 is 79.4 Å². The van der Waals surface area contributed by atoms with Gasteiger partial charge in [0.25, 0.3) is 0 Å². The average Bonchev–Trinajstić information content (AvgIpc) is 2.59. The van der Waals surface area contributed by atoms with Crippen molar-refractivity contribution in [3.8, 4) is 0 Å². The number of rotatable bonds is 11. The molecular weight excluding hydrogens is 529 g/mol. The lowest BCUT2D eigenvalue weighted by Crippen LogP contribution is -2.74. The number of aliphatic imine (C=N–C) groups is 1. The summed E-state index contributed by atoms with van der Waals surface area (Å²) in [5, 5.41) is 0. The first-order valence-electron chi connectivity index (χ1n) is 7.14. The molecule has 0 aromatic carbocycles. The van der Waals surface area contributed by atoms with Crippen LogP contribution < -0.4 is 0 Å². The van der Waals surface area contributed by atoms with E-state index in [4.69, 9.17) is 0 Å². The van der Waals surface area contributed by atoms with Crippen LogP contribution in [0.5, 0.6) is 0 Å². The van der Waals surface area contributed by atoms with Crippen molar-refractivity contribution in [2.45, 2.75) is 54.1 Å². The van der Waals surface area contributed by atoms with Gasteiger partial charge in [-0.25, -0.2) is 4.79 Å². The van der Waals surface area contributed by atoms with E-state index in [1.807, 2.05) is 0 Å². The van der Waals surface area contributed by atoms with E-state index in [9.17, 15) is 79.4 Å². The minimum absolute atomic E-state index is 0.0124. The first-order chi connectivity index (χ1) is 13.8. The molecule has 190 valence electrons. The topological polar surface area (TPSA) is 29.4 Å². The standard InChI is InChI=1S/C12H6F17NOS/c13-5(14,1-2-32-4-30-3-31)6(15,16)7(17,18)8(19,20)9(21,22)10(23,24)11(25,26)12(27,28)29/h1-2,4H2. The Balaban J connectivity index is 6.32. The van der Waals surface area contributed by atoms with Crippen LogP contribution in [0.25, 0.3) is 0 Å². The van der Waals surface area contributed by atoms with Crippen molar-refractivity contribution in [1.29, 1.82) is 0 Å². The molecule has 0 radical (unpaired) electrons. The van der Waals surface area contributed by atoms with E-state index in [1.165, 1.54) is 0 Å². The van der Waals surface area contributed by atoms with Crippen LogP contribution in [0.2, 0.25) is 0 Å². The molecule has 2 nitrogen and oxygen atoms in total. The van der Waals surface area contributed by atoms with Crippen LogP contribution in [0.4, 0.5) is 74.6 Å². The molecule has 0 fully saturated rings. The SMILES string of the molecule is O=C=NCSCCC(F)(F)C(F)(F)C(F)(F)C(F)(F)C(F)(F)C(F)(F)C(F)(F)C(F)(F)F. The Hall–Kier alpha value is -1.46. The van der Waals surface area contributed by atoms with Gasteiger partial charge >= 0.3 is 47.6 Å². The van der Waals surface area contributed by atoms with Gasteiger partial charge in [-0.05, 0) is 0 Å². The Kier molecular flexibility index (Phi) is 8.32. The molecule has 0 bridgehead atoms. The summed E-state index contributed by atoms with van der Waals surface area (Å²) < 4.78 is 221. The van der Waals surface area contributed by atoms with Gasteiger partial charge in [0, 0.05) is 12.2 Å². The summed E-state index contributed by atoms with van der Waals surface area (Å²) in [5.74, 6) is -58.5. The summed E-state index contributed by atoms with van der Waals surface area (Å²) >= 11 is -0.0124. The zero-order chi connectivity index (χ0) is 26.2. The Morgan fingerprint density at radius 1 is 0.562 bits per heavy atom. The summed E-state index contributed by atoms with van der Waals surface area (Å²) in [6.07, 6.45) is -9.55. The predicted octanol–water partition coefficient (Wildman–Crippen LogP) is 6.41. The van der Waals surface area contributed by atoms with Gasteiger partial charge < -0.3 is 0 Å². The number of alkyl halides is 17. The Labute approximate surface area is 169 Å². The van der Waals surface area contributed by atoms with Crippen LogP contribution in [0.15, 0.2) is 4.99 Å². The highest BCUT2D eigenvalue weighted by molar-refractivity contribution is 7.99. The molecule has 0 amide bonds. The third-order valence-electron chi connectivity index (χ3n) is 3.57. The number of isocyanates is 1. The van der Waals surface area contributed by atoms with Crippen molar-refractivity contribution in [2.24, 2.45) is 4.99 Å². The zero-order valence-corrected chi connectivity index (χ0v) is 15.1. The maximum atomic E-state index is 13.4. The maximum absolute atomic E-state index is 13.4. The summed E-state index contributed by atoms with van der Waals surface area (Å²) in [6.45, 7) is 0. The van der Waals surface area contributed by atoms with Crippen molar-refractivity contribution in [1.82, 2.24) is 0 Å². The number of halogens is 17. The minimum atomic E-state index is -8.63. The second kappa shape index (κ2) is 8.72. The van der Waals surface area contributed by atoms with E-state index in [2.05, 4.69) is 4.99 Å². The second-order valence-corrected chi connectivity index (χ2v) is 6.76. The smallest absolute Gasteiger partial charge is 0.211 e. The third kappa shape index (κ3) is 4.48. The van der Waals surface area contributed by atoms with Gasteiger partial charge in [0.05, 0.1) is 5.88 Å². The van der Waals surface area contributed by atoms with Gasteiger partial charge in [-0.3, -0.25) is 0 Å². The minimum Gasteiger partial charge on any atom is -0.211 e. The monoisotopic (exact) mass is 535 g/mol. The van der Waals surface area contributed by atoms with Gasteiger partial charge in [0.1, 0.15) is 0 Å². The lowest BCUT2D eigenvalue weighted by atomic mass is 9.88. The van der Waals surface area contributed by atoms with Crippen LogP contribution in [-0.4, -0.2) is 65.3 Å². The highest BCUT2D eigenvalue weighted by Gasteiger charge is 2.95. The Morgan fingerprint density at radius 3 is 1.25 bits per heavy atom. The normalized spacial score (nSPS) is 15.5. The molecule has 0 spiro atoms. The molecule has 0 aromatic rings. The van der Waals surface area contributed by atoms with E-state index in [0.29, 0.717) is 0 Å². The van der Waals surface area contributed by atoms with Crippen molar-refractivity contribution in [3.63, 3.8) is 0 Å². The molecule has 0 aliphatic heterocycles. The first kappa shape index (κ1) is 30.5. The molecule has 0 saturated heterocycles. The molecule has 32 heavy (non-hydrogen) atoms. The summed E-state index contributed by atoms with van der Waals surface area (Å²) in [7, 11) is 0. The zero-order valence-electron chi connectivity index (χ0n) is 14.3. The van der Waals surface area contributed by atoms with Crippen LogP contribution in [0.1, 0.15) is 6.42 Å². The van der Waals surface area contributed by atoms with E-state index < -0.39 is 65.7 Å². The van der Waals surface area contributed by atoms with Crippen molar-refractivity contribution in [2.75, 3.05) is 11.6 Å². The molecule has 0 aliphatic carbocycles. The average molecular weight is 535 g/mol. The Morgan fingerprint density at radius 2 is 0.906 bits per heavy atom. The number of thioether (sulfide) groups is 1. The van der Waals surface area contributed by atoms with Crippen LogP contribution in [0.3, 0.4) is 0 Å². The Bertz CT molecular complexity index is 709. The largest absolute Gasteiger partial charge is 0.460 e. The highest BCUT2D eigenvalue weighted by Crippen LogP contribution is 2.64. The summed E-state index contributed by atoms with van der Waals surface area (Å²) in [6, 6.07) is 0. The predicted molar refractivity (Wildman–Crippen MR) is 70.7 cm³/mol. The first-order valence-corrected chi connectivity index (χ1v) is 8.29. The van der Waals surface area contributed by atoms with Crippen molar-refractivity contribution in [3.05, 3.63) is 0 Å². The number of hydrogen-bond donors (Lipinski definition) is 0. The van der Waals surface area contributed by atoms with Gasteiger partial charge in [0.15, 0.2) is 0 Å². The molecule has 0 aromatic heterocycles. The van der Waals surface area contributed by atoms with E-state index in [1.54, 1.807) is 0 Å². The molecule has 0 heterocycles. The fourth-order valence-corrected chi connectivity index (χ4v) is 2.36. The van der Waals surface area contributed by atoms with Crippen LogP contribution in [0, 0.1) is 0 Å². The molecular formula is C12H6F17NOS. The number of hydrogen-bond acceptors (Lipinski definition) is 3. The van der Waals surface area contributed by atoms with Gasteiger partial charge in [-0.1, -0.05) is 0 Å². The van der Waals surface area contributed by atoms with Crippen LogP contribution in [-0.2, 0) is 4.79 Å². The lowest BCUT2D eigenvalue weighted by Gasteiger charge is -2.42. The summed E-state index contributed by atoms with van der Waals surface area (Å²) in [4.78, 5) is 12.3. The molecule has 0 rings (SSSR count). The molecule has 0 N–H and O–H groups in total. The van der Waals surface area contributed by atoms with E-state index in [0.717, 1.165) is 6.08 Å². The highest BCUT2D eigenvalue weighted by atomic mass is 32.2. The maximum Gasteiger partial charge on any atom is 0.460 e. The fourth-order valence-electron chi connectivity index (χ4n) is 1.69. The number of carbonyl (C=O) groups excluding carboxylic acids is 1. The van der Waals surface area contributed by atoms with E-state index in [-0.39, 0.29) is 11.8 Å². The molecule has 0 unspecified atom stereocenters. The van der Waals surface area contributed by atoms with Gasteiger partial charge in [0.2, 0.25) is 6.08 Å².